The SMILES string of the molecule is CCOc1ccccc1-c1cc(-c2ccccn2)nc(N)c1C#N. The van der Waals surface area contributed by atoms with Crippen LogP contribution in [-0.4, -0.2) is 16.6 Å². The quantitative estimate of drug-likeness (QED) is 0.794. The van der Waals surface area contributed by atoms with Gasteiger partial charge in [-0.05, 0) is 31.2 Å². The number of anilines is 1. The van der Waals surface area contributed by atoms with E-state index in [1.807, 2.05) is 55.5 Å². The molecule has 3 aromatic rings. The van der Waals surface area contributed by atoms with Crippen molar-refractivity contribution in [3.8, 4) is 34.3 Å². The van der Waals surface area contributed by atoms with Crippen molar-refractivity contribution in [2.24, 2.45) is 0 Å². The first-order chi connectivity index (χ1) is 11.7. The Kier molecular flexibility index (Phi) is 4.39. The van der Waals surface area contributed by atoms with Crippen LogP contribution in [0.3, 0.4) is 0 Å². The number of pyridine rings is 2. The monoisotopic (exact) mass is 316 g/mol. The maximum Gasteiger partial charge on any atom is 0.142 e. The van der Waals surface area contributed by atoms with E-state index in [-0.39, 0.29) is 5.82 Å². The Bertz CT molecular complexity index is 901. The van der Waals surface area contributed by atoms with Crippen LogP contribution in [0.5, 0.6) is 5.75 Å². The van der Waals surface area contributed by atoms with Crippen molar-refractivity contribution in [3.63, 3.8) is 0 Å². The normalized spacial score (nSPS) is 10.2. The Labute approximate surface area is 140 Å². The highest BCUT2D eigenvalue weighted by atomic mass is 16.5. The lowest BCUT2D eigenvalue weighted by Crippen LogP contribution is -2.01. The number of nitrogen functional groups attached to an aromatic ring is 1. The molecule has 0 saturated heterocycles. The van der Waals surface area contributed by atoms with Gasteiger partial charge in [0.05, 0.1) is 18.0 Å². The van der Waals surface area contributed by atoms with Crippen LogP contribution in [0.25, 0.3) is 22.5 Å². The van der Waals surface area contributed by atoms with Crippen molar-refractivity contribution >= 4 is 5.82 Å². The molecule has 0 atom stereocenters. The second-order valence-corrected chi connectivity index (χ2v) is 5.07. The van der Waals surface area contributed by atoms with Gasteiger partial charge in [-0.25, -0.2) is 4.98 Å². The van der Waals surface area contributed by atoms with Gasteiger partial charge in [-0.15, -0.1) is 0 Å². The molecule has 0 bridgehead atoms. The van der Waals surface area contributed by atoms with Crippen LogP contribution >= 0.6 is 0 Å². The number of aromatic nitrogens is 2. The van der Waals surface area contributed by atoms with E-state index in [4.69, 9.17) is 10.5 Å². The molecule has 118 valence electrons. The minimum absolute atomic E-state index is 0.182. The highest BCUT2D eigenvalue weighted by Crippen LogP contribution is 2.35. The zero-order valence-corrected chi connectivity index (χ0v) is 13.2. The van der Waals surface area contributed by atoms with Gasteiger partial charge in [-0.1, -0.05) is 24.3 Å². The molecule has 2 aromatic heterocycles. The molecule has 0 saturated carbocycles. The summed E-state index contributed by atoms with van der Waals surface area (Å²) in [6.45, 7) is 2.45. The van der Waals surface area contributed by atoms with Crippen molar-refractivity contribution < 1.29 is 4.74 Å². The summed E-state index contributed by atoms with van der Waals surface area (Å²) in [6, 6.07) is 17.1. The van der Waals surface area contributed by atoms with E-state index in [2.05, 4.69) is 16.0 Å². The molecular formula is C19H16N4O. The smallest absolute Gasteiger partial charge is 0.142 e. The molecule has 0 radical (unpaired) electrons. The van der Waals surface area contributed by atoms with E-state index in [1.165, 1.54) is 0 Å². The van der Waals surface area contributed by atoms with Crippen molar-refractivity contribution in [3.05, 3.63) is 60.3 Å². The Morgan fingerprint density at radius 3 is 2.58 bits per heavy atom. The number of ether oxygens (including phenoxy) is 1. The average molecular weight is 316 g/mol. The summed E-state index contributed by atoms with van der Waals surface area (Å²) in [5.74, 6) is 0.885. The molecule has 0 fully saturated rings. The first kappa shape index (κ1) is 15.5. The molecule has 0 aliphatic heterocycles. The molecule has 5 nitrogen and oxygen atoms in total. The Balaban J connectivity index is 2.24. The van der Waals surface area contributed by atoms with E-state index in [0.29, 0.717) is 34.9 Å². The summed E-state index contributed by atoms with van der Waals surface area (Å²) in [5, 5.41) is 9.52. The summed E-state index contributed by atoms with van der Waals surface area (Å²) >= 11 is 0. The number of nitrogens with zero attached hydrogens (tertiary/aromatic N) is 3. The van der Waals surface area contributed by atoms with Crippen LogP contribution in [0.15, 0.2) is 54.7 Å². The van der Waals surface area contributed by atoms with Gasteiger partial charge in [0.2, 0.25) is 0 Å². The molecule has 5 heteroatoms. The lowest BCUT2D eigenvalue weighted by molar-refractivity contribution is 0.341. The predicted octanol–water partition coefficient (Wildman–Crippen LogP) is 3.66. The van der Waals surface area contributed by atoms with E-state index < -0.39 is 0 Å². The van der Waals surface area contributed by atoms with Crippen molar-refractivity contribution in [2.45, 2.75) is 6.92 Å². The van der Waals surface area contributed by atoms with Crippen LogP contribution in [0.4, 0.5) is 5.82 Å². The number of rotatable bonds is 4. The molecule has 0 unspecified atom stereocenters. The lowest BCUT2D eigenvalue weighted by atomic mass is 9.98. The summed E-state index contributed by atoms with van der Waals surface area (Å²) in [5.41, 5.74) is 9.18. The fourth-order valence-corrected chi connectivity index (χ4v) is 2.51. The fraction of sp³-hybridized carbons (Fsp3) is 0.105. The van der Waals surface area contributed by atoms with Crippen LogP contribution in [-0.2, 0) is 0 Å². The second-order valence-electron chi connectivity index (χ2n) is 5.07. The molecule has 2 N–H and O–H groups in total. The minimum Gasteiger partial charge on any atom is -0.493 e. The Hall–Kier alpha value is -3.39. The van der Waals surface area contributed by atoms with Crippen molar-refractivity contribution in [1.82, 2.24) is 9.97 Å². The summed E-state index contributed by atoms with van der Waals surface area (Å²) < 4.78 is 5.69. The molecule has 2 heterocycles. The first-order valence-corrected chi connectivity index (χ1v) is 7.58. The van der Waals surface area contributed by atoms with Gasteiger partial charge in [0.1, 0.15) is 23.2 Å². The van der Waals surface area contributed by atoms with E-state index >= 15 is 0 Å². The number of nitrogens with two attached hydrogens (primary N) is 1. The zero-order valence-electron chi connectivity index (χ0n) is 13.2. The molecule has 3 rings (SSSR count). The van der Waals surface area contributed by atoms with Gasteiger partial charge < -0.3 is 10.5 Å². The van der Waals surface area contributed by atoms with Gasteiger partial charge in [0.15, 0.2) is 0 Å². The number of hydrogen-bond donors (Lipinski definition) is 1. The minimum atomic E-state index is 0.182. The third kappa shape index (κ3) is 2.90. The molecule has 0 spiro atoms. The largest absolute Gasteiger partial charge is 0.493 e. The van der Waals surface area contributed by atoms with Crippen LogP contribution in [0.2, 0.25) is 0 Å². The first-order valence-electron chi connectivity index (χ1n) is 7.58. The number of para-hydroxylation sites is 1. The van der Waals surface area contributed by atoms with Crippen LogP contribution in [0, 0.1) is 11.3 Å². The highest BCUT2D eigenvalue weighted by Gasteiger charge is 2.16. The van der Waals surface area contributed by atoms with Gasteiger partial charge in [0, 0.05) is 17.3 Å². The van der Waals surface area contributed by atoms with Crippen molar-refractivity contribution in [1.29, 1.82) is 5.26 Å². The van der Waals surface area contributed by atoms with Gasteiger partial charge in [0.25, 0.3) is 0 Å². The van der Waals surface area contributed by atoms with E-state index in [9.17, 15) is 5.26 Å². The summed E-state index contributed by atoms with van der Waals surface area (Å²) in [4.78, 5) is 8.63. The van der Waals surface area contributed by atoms with Crippen LogP contribution in [0.1, 0.15) is 12.5 Å². The van der Waals surface area contributed by atoms with Crippen LogP contribution < -0.4 is 10.5 Å². The Morgan fingerprint density at radius 1 is 1.08 bits per heavy atom. The summed E-state index contributed by atoms with van der Waals surface area (Å²) in [6.07, 6.45) is 1.69. The maximum atomic E-state index is 9.52. The fourth-order valence-electron chi connectivity index (χ4n) is 2.51. The number of nitriles is 1. The van der Waals surface area contributed by atoms with Gasteiger partial charge in [-0.2, -0.15) is 5.26 Å². The molecule has 0 aliphatic rings. The third-order valence-electron chi connectivity index (χ3n) is 3.56. The number of hydrogen-bond acceptors (Lipinski definition) is 5. The standard InChI is InChI=1S/C19H16N4O/c1-2-24-18-9-4-3-7-13(18)14-11-17(16-8-5-6-10-22-16)23-19(21)15(14)12-20/h3-11H,2H2,1H3,(H2,21,23). The third-order valence-corrected chi connectivity index (χ3v) is 3.56. The molecule has 1 aromatic carbocycles. The molecule has 0 aliphatic carbocycles. The average Bonchev–Trinajstić information content (AvgIpc) is 2.62. The predicted molar refractivity (Wildman–Crippen MR) is 93.2 cm³/mol. The highest BCUT2D eigenvalue weighted by molar-refractivity contribution is 5.82. The second kappa shape index (κ2) is 6.80. The van der Waals surface area contributed by atoms with Crippen molar-refractivity contribution in [2.75, 3.05) is 12.3 Å². The molecule has 0 amide bonds. The Morgan fingerprint density at radius 2 is 1.88 bits per heavy atom. The zero-order chi connectivity index (χ0) is 16.9. The van der Waals surface area contributed by atoms with E-state index in [0.717, 1.165) is 5.56 Å². The molecule has 24 heavy (non-hydrogen) atoms. The molecular weight excluding hydrogens is 300 g/mol. The lowest BCUT2D eigenvalue weighted by Gasteiger charge is -2.13. The van der Waals surface area contributed by atoms with Gasteiger partial charge in [-0.3, -0.25) is 4.98 Å². The topological polar surface area (TPSA) is 84.8 Å². The maximum absolute atomic E-state index is 9.52. The van der Waals surface area contributed by atoms with Gasteiger partial charge >= 0.3 is 0 Å². The summed E-state index contributed by atoms with van der Waals surface area (Å²) in [7, 11) is 0. The number of benzene rings is 1. The van der Waals surface area contributed by atoms with E-state index in [1.54, 1.807) is 6.20 Å².